The Balaban J connectivity index is 2.50. The quantitative estimate of drug-likeness (QED) is 0.708. The van der Waals surface area contributed by atoms with Gasteiger partial charge in [-0.05, 0) is 13.3 Å². The van der Waals surface area contributed by atoms with Crippen LogP contribution in [0.2, 0.25) is 0 Å². The Morgan fingerprint density at radius 2 is 2.12 bits per heavy atom. The minimum Gasteiger partial charge on any atom is -0.234 e. The monoisotopic (exact) mass is 261 g/mol. The molecule has 1 atom stereocenters. The van der Waals surface area contributed by atoms with E-state index in [4.69, 9.17) is 0 Å². The Kier molecular flexibility index (Phi) is 5.41. The molecule has 1 aromatic heterocycles. The molecule has 3 nitrogen and oxygen atoms in total. The normalized spacial score (nSPS) is 13.9. The van der Waals surface area contributed by atoms with Gasteiger partial charge in [-0.1, -0.05) is 32.6 Å². The van der Waals surface area contributed by atoms with Crippen LogP contribution in [0.15, 0.2) is 15.9 Å². The summed E-state index contributed by atoms with van der Waals surface area (Å²) in [6.45, 7) is 3.93. The highest BCUT2D eigenvalue weighted by Gasteiger charge is 2.24. The average Bonchev–Trinajstić information content (AvgIpc) is 2.77. The van der Waals surface area contributed by atoms with Gasteiger partial charge in [0, 0.05) is 11.6 Å². The molecule has 1 unspecified atom stereocenters. The number of rotatable bonds is 7. The second kappa shape index (κ2) is 6.35. The first-order valence-electron chi connectivity index (χ1n) is 5.72. The van der Waals surface area contributed by atoms with Crippen molar-refractivity contribution in [3.63, 3.8) is 0 Å². The zero-order valence-corrected chi connectivity index (χ0v) is 11.5. The zero-order valence-electron chi connectivity index (χ0n) is 9.85. The van der Waals surface area contributed by atoms with Gasteiger partial charge >= 0.3 is 0 Å². The lowest BCUT2D eigenvalue weighted by atomic mass is 10.1. The molecule has 16 heavy (non-hydrogen) atoms. The largest absolute Gasteiger partial charge is 0.234 e. The van der Waals surface area contributed by atoms with Crippen LogP contribution in [-0.2, 0) is 9.84 Å². The Hall–Kier alpha value is -0.420. The van der Waals surface area contributed by atoms with Gasteiger partial charge in [0.15, 0.2) is 0 Å². The SMILES string of the molecule is CCCCCCC(C)S(=O)(=O)c1nccs1. The van der Waals surface area contributed by atoms with Crippen molar-refractivity contribution in [3.8, 4) is 0 Å². The number of sulfone groups is 1. The van der Waals surface area contributed by atoms with Crippen LogP contribution in [0, 0.1) is 0 Å². The lowest BCUT2D eigenvalue weighted by Crippen LogP contribution is -2.17. The van der Waals surface area contributed by atoms with E-state index in [1.54, 1.807) is 18.5 Å². The van der Waals surface area contributed by atoms with Crippen LogP contribution in [0.1, 0.15) is 46.0 Å². The summed E-state index contributed by atoms with van der Waals surface area (Å²) in [7, 11) is -3.18. The predicted octanol–water partition coefficient (Wildman–Crippen LogP) is 3.28. The third-order valence-electron chi connectivity index (χ3n) is 2.65. The molecule has 1 aromatic rings. The van der Waals surface area contributed by atoms with Crippen LogP contribution in [0.5, 0.6) is 0 Å². The van der Waals surface area contributed by atoms with Crippen LogP contribution in [-0.4, -0.2) is 18.7 Å². The van der Waals surface area contributed by atoms with Gasteiger partial charge < -0.3 is 0 Å². The smallest absolute Gasteiger partial charge is 0.209 e. The van der Waals surface area contributed by atoms with Crippen molar-refractivity contribution in [3.05, 3.63) is 11.6 Å². The molecule has 0 aromatic carbocycles. The fourth-order valence-electron chi connectivity index (χ4n) is 1.54. The van der Waals surface area contributed by atoms with E-state index in [1.165, 1.54) is 24.2 Å². The molecule has 0 saturated carbocycles. The van der Waals surface area contributed by atoms with Gasteiger partial charge in [-0.15, -0.1) is 11.3 Å². The maximum absolute atomic E-state index is 12.0. The first-order valence-corrected chi connectivity index (χ1v) is 8.15. The fourth-order valence-corrected chi connectivity index (χ4v) is 4.12. The maximum atomic E-state index is 12.0. The Labute approximate surface area is 102 Å². The van der Waals surface area contributed by atoms with E-state index in [2.05, 4.69) is 11.9 Å². The molecule has 0 spiro atoms. The number of unbranched alkanes of at least 4 members (excludes halogenated alkanes) is 3. The number of thiazole rings is 1. The zero-order chi connectivity index (χ0) is 12.0. The third-order valence-corrected chi connectivity index (χ3v) is 6.08. The van der Waals surface area contributed by atoms with Gasteiger partial charge in [-0.3, -0.25) is 0 Å². The van der Waals surface area contributed by atoms with Crippen molar-refractivity contribution in [2.45, 2.75) is 55.5 Å². The molecule has 0 N–H and O–H groups in total. The molecule has 0 saturated heterocycles. The van der Waals surface area contributed by atoms with E-state index in [0.717, 1.165) is 19.3 Å². The summed E-state index contributed by atoms with van der Waals surface area (Å²) >= 11 is 1.20. The van der Waals surface area contributed by atoms with Crippen molar-refractivity contribution >= 4 is 21.2 Å². The Bertz CT molecular complexity index is 384. The number of hydrogen-bond donors (Lipinski definition) is 0. The number of nitrogens with zero attached hydrogens (tertiary/aromatic N) is 1. The highest BCUT2D eigenvalue weighted by Crippen LogP contribution is 2.21. The molecule has 0 aliphatic heterocycles. The van der Waals surface area contributed by atoms with Crippen LogP contribution < -0.4 is 0 Å². The lowest BCUT2D eigenvalue weighted by Gasteiger charge is -2.10. The molecule has 0 aliphatic rings. The summed E-state index contributed by atoms with van der Waals surface area (Å²) in [4.78, 5) is 3.88. The molecule has 0 bridgehead atoms. The first kappa shape index (κ1) is 13.6. The molecule has 0 radical (unpaired) electrons. The second-order valence-corrected chi connectivity index (χ2v) is 7.44. The van der Waals surface area contributed by atoms with Gasteiger partial charge in [-0.25, -0.2) is 13.4 Å². The van der Waals surface area contributed by atoms with E-state index in [1.807, 2.05) is 0 Å². The number of aromatic nitrogens is 1. The summed E-state index contributed by atoms with van der Waals surface area (Å²) < 4.78 is 24.3. The minimum absolute atomic E-state index is 0.260. The molecule has 1 heterocycles. The van der Waals surface area contributed by atoms with Crippen molar-refractivity contribution in [2.24, 2.45) is 0 Å². The van der Waals surface area contributed by atoms with Crippen molar-refractivity contribution < 1.29 is 8.42 Å². The summed E-state index contributed by atoms with van der Waals surface area (Å²) in [5.74, 6) is 0. The van der Waals surface area contributed by atoms with Gasteiger partial charge in [0.25, 0.3) is 0 Å². The summed E-state index contributed by atoms with van der Waals surface area (Å²) in [5, 5.41) is 1.40. The molecule has 0 amide bonds. The standard InChI is InChI=1S/C11H19NO2S2/c1-3-4-5-6-7-10(2)16(13,14)11-12-8-9-15-11/h8-10H,3-7H2,1-2H3. The Morgan fingerprint density at radius 1 is 1.38 bits per heavy atom. The molecule has 5 heteroatoms. The van der Waals surface area contributed by atoms with Gasteiger partial charge in [0.1, 0.15) is 0 Å². The van der Waals surface area contributed by atoms with Crippen LogP contribution >= 0.6 is 11.3 Å². The highest BCUT2D eigenvalue weighted by molar-refractivity contribution is 7.93. The molecule has 0 aliphatic carbocycles. The molecule has 1 rings (SSSR count). The van der Waals surface area contributed by atoms with E-state index >= 15 is 0 Å². The molecule has 0 fully saturated rings. The van der Waals surface area contributed by atoms with Crippen LogP contribution in [0.4, 0.5) is 0 Å². The third kappa shape index (κ3) is 3.56. The lowest BCUT2D eigenvalue weighted by molar-refractivity contribution is 0.562. The van der Waals surface area contributed by atoms with Crippen molar-refractivity contribution in [1.82, 2.24) is 4.98 Å². The second-order valence-electron chi connectivity index (χ2n) is 4.00. The van der Waals surface area contributed by atoms with Crippen molar-refractivity contribution in [2.75, 3.05) is 0 Å². The van der Waals surface area contributed by atoms with Crippen LogP contribution in [0.25, 0.3) is 0 Å². The van der Waals surface area contributed by atoms with Gasteiger partial charge in [-0.2, -0.15) is 0 Å². The topological polar surface area (TPSA) is 47.0 Å². The minimum atomic E-state index is -3.18. The van der Waals surface area contributed by atoms with E-state index < -0.39 is 9.84 Å². The first-order chi connectivity index (χ1) is 7.59. The summed E-state index contributed by atoms with van der Waals surface area (Å²) in [6.07, 6.45) is 6.74. The van der Waals surface area contributed by atoms with E-state index in [0.29, 0.717) is 0 Å². The van der Waals surface area contributed by atoms with Gasteiger partial charge in [0.2, 0.25) is 14.2 Å². The predicted molar refractivity (Wildman–Crippen MR) is 67.5 cm³/mol. The summed E-state index contributed by atoms with van der Waals surface area (Å²) in [5.41, 5.74) is 0. The van der Waals surface area contributed by atoms with Crippen LogP contribution in [0.3, 0.4) is 0 Å². The van der Waals surface area contributed by atoms with E-state index in [9.17, 15) is 8.42 Å². The van der Waals surface area contributed by atoms with Gasteiger partial charge in [0.05, 0.1) is 5.25 Å². The summed E-state index contributed by atoms with van der Waals surface area (Å²) in [6, 6.07) is 0. The molecular formula is C11H19NO2S2. The average molecular weight is 261 g/mol. The van der Waals surface area contributed by atoms with E-state index in [-0.39, 0.29) is 9.59 Å². The molecular weight excluding hydrogens is 242 g/mol. The maximum Gasteiger partial charge on any atom is 0.209 e. The molecule has 92 valence electrons. The van der Waals surface area contributed by atoms with Crippen molar-refractivity contribution in [1.29, 1.82) is 0 Å². The highest BCUT2D eigenvalue weighted by atomic mass is 32.2. The fraction of sp³-hybridized carbons (Fsp3) is 0.727. The number of hydrogen-bond acceptors (Lipinski definition) is 4. The Morgan fingerprint density at radius 3 is 2.69 bits per heavy atom.